The number of guanidine groups is 1. The normalized spacial score (nSPS) is 13.0. The molecule has 0 aliphatic carbocycles. The van der Waals surface area contributed by atoms with Gasteiger partial charge in [-0.05, 0) is 19.8 Å². The highest BCUT2D eigenvalue weighted by atomic mass is 16.2. The number of nitrogens with zero attached hydrogens (tertiary/aromatic N) is 1. The van der Waals surface area contributed by atoms with E-state index in [0.29, 0.717) is 11.3 Å². The summed E-state index contributed by atoms with van der Waals surface area (Å²) < 4.78 is 22.0. The van der Waals surface area contributed by atoms with Crippen molar-refractivity contribution in [2.45, 2.75) is 58.3 Å². The Morgan fingerprint density at radius 2 is 1.71 bits per heavy atom. The third kappa shape index (κ3) is 12.1. The van der Waals surface area contributed by atoms with Gasteiger partial charge in [0.15, 0.2) is 5.96 Å². The molecule has 3 N–H and O–H groups in total. The van der Waals surface area contributed by atoms with Crippen molar-refractivity contribution in [3.63, 3.8) is 0 Å². The topological polar surface area (TPSA) is 93.5 Å². The summed E-state index contributed by atoms with van der Waals surface area (Å²) in [6, 6.07) is 0. The standard InChI is InChI=1S/C15H29N3O3/c1-13(20)12-18(2)15(16)17-14(21)10-8-6-4-3-5-7-9-11-19/h19H,3-12H2,1-2H3,(H2,16,17,21)/i2D3. The molecule has 0 aromatic rings. The smallest absolute Gasteiger partial charge is 0.226 e. The third-order valence-electron chi connectivity index (χ3n) is 2.97. The molecule has 1 amide bonds. The molecule has 0 aromatic carbocycles. The van der Waals surface area contributed by atoms with Crippen molar-refractivity contribution in [3.05, 3.63) is 0 Å². The Balaban J connectivity index is 4.03. The zero-order chi connectivity index (χ0) is 18.6. The SMILES string of the molecule is [2H]C([2H])([2H])N(CC(C)=O)C(=N)NC(=O)CCCCCCCCCO. The van der Waals surface area contributed by atoms with E-state index in [0.717, 1.165) is 38.5 Å². The first kappa shape index (κ1) is 14.5. The molecule has 6 heteroatoms. The number of rotatable bonds is 11. The molecule has 21 heavy (non-hydrogen) atoms. The van der Waals surface area contributed by atoms with Crippen molar-refractivity contribution in [1.82, 2.24) is 10.2 Å². The Kier molecular flexibility index (Phi) is 8.51. The minimum absolute atomic E-state index is 0.216. The maximum Gasteiger partial charge on any atom is 0.226 e. The summed E-state index contributed by atoms with van der Waals surface area (Å²) in [6.45, 7) is -1.63. The van der Waals surface area contributed by atoms with Crippen LogP contribution in [0.15, 0.2) is 0 Å². The largest absolute Gasteiger partial charge is 0.396 e. The number of unbranched alkanes of at least 4 members (excludes halogenated alkanes) is 6. The fourth-order valence-corrected chi connectivity index (χ4v) is 1.85. The van der Waals surface area contributed by atoms with Crippen molar-refractivity contribution in [2.24, 2.45) is 0 Å². The van der Waals surface area contributed by atoms with E-state index in [1.807, 2.05) is 0 Å². The van der Waals surface area contributed by atoms with Crippen LogP contribution in [-0.4, -0.2) is 47.8 Å². The lowest BCUT2D eigenvalue weighted by atomic mass is 10.1. The molecule has 0 aliphatic heterocycles. The van der Waals surface area contributed by atoms with Gasteiger partial charge in [0, 0.05) is 24.1 Å². The van der Waals surface area contributed by atoms with Gasteiger partial charge in [0.05, 0.1) is 6.54 Å². The Labute approximate surface area is 131 Å². The molecule has 0 aromatic heterocycles. The van der Waals surface area contributed by atoms with Crippen molar-refractivity contribution in [1.29, 1.82) is 5.41 Å². The van der Waals surface area contributed by atoms with Crippen LogP contribution in [0.5, 0.6) is 0 Å². The summed E-state index contributed by atoms with van der Waals surface area (Å²) in [5, 5.41) is 18.6. The van der Waals surface area contributed by atoms with Gasteiger partial charge in [-0.25, -0.2) is 0 Å². The molecule has 122 valence electrons. The molecule has 0 aliphatic rings. The van der Waals surface area contributed by atoms with Crippen LogP contribution in [0.4, 0.5) is 0 Å². The number of hydrogen-bond donors (Lipinski definition) is 3. The molecule has 6 nitrogen and oxygen atoms in total. The van der Waals surface area contributed by atoms with Crippen molar-refractivity contribution < 1.29 is 18.8 Å². The van der Waals surface area contributed by atoms with Crippen LogP contribution < -0.4 is 5.32 Å². The summed E-state index contributed by atoms with van der Waals surface area (Å²) in [4.78, 5) is 23.5. The van der Waals surface area contributed by atoms with Gasteiger partial charge in [0.1, 0.15) is 5.78 Å². The van der Waals surface area contributed by atoms with Crippen LogP contribution >= 0.6 is 0 Å². The number of carbonyl (C=O) groups is 2. The minimum Gasteiger partial charge on any atom is -0.396 e. The lowest BCUT2D eigenvalue weighted by Crippen LogP contribution is -2.43. The van der Waals surface area contributed by atoms with Crippen LogP contribution in [-0.2, 0) is 9.59 Å². The first-order valence-corrected chi connectivity index (χ1v) is 7.45. The van der Waals surface area contributed by atoms with Gasteiger partial charge < -0.3 is 10.0 Å². The molecule has 0 radical (unpaired) electrons. The molecule has 0 bridgehead atoms. The number of carbonyl (C=O) groups excluding carboxylic acids is 2. The Hall–Kier alpha value is -1.43. The molecule has 0 atom stereocenters. The number of Topliss-reactive ketones (excluding diaryl/α,β-unsaturated/α-hetero) is 1. The van der Waals surface area contributed by atoms with Crippen molar-refractivity contribution >= 4 is 17.6 Å². The lowest BCUT2D eigenvalue weighted by molar-refractivity contribution is -0.120. The monoisotopic (exact) mass is 302 g/mol. The summed E-state index contributed by atoms with van der Waals surface area (Å²) in [7, 11) is 0. The first-order valence-electron chi connectivity index (χ1n) is 8.95. The van der Waals surface area contributed by atoms with Crippen LogP contribution in [0.2, 0.25) is 0 Å². The molecular formula is C15H29N3O3. The minimum atomic E-state index is -2.65. The molecular weight excluding hydrogens is 270 g/mol. The Bertz CT molecular complexity index is 415. The number of ketones is 1. The second kappa shape index (κ2) is 12.3. The summed E-state index contributed by atoms with van der Waals surface area (Å²) in [5.74, 6) is -1.39. The van der Waals surface area contributed by atoms with Gasteiger partial charge in [-0.2, -0.15) is 0 Å². The highest BCUT2D eigenvalue weighted by Gasteiger charge is 2.10. The Morgan fingerprint density at radius 3 is 2.24 bits per heavy atom. The third-order valence-corrected chi connectivity index (χ3v) is 2.97. The molecule has 0 saturated carbocycles. The summed E-state index contributed by atoms with van der Waals surface area (Å²) in [6.07, 6.45) is 6.73. The fraction of sp³-hybridized carbons (Fsp3) is 0.800. The summed E-state index contributed by atoms with van der Waals surface area (Å²) in [5.41, 5.74) is 0. The van der Waals surface area contributed by atoms with Gasteiger partial charge in [0.25, 0.3) is 0 Å². The Morgan fingerprint density at radius 1 is 1.14 bits per heavy atom. The van der Waals surface area contributed by atoms with Crippen LogP contribution in [0.3, 0.4) is 0 Å². The zero-order valence-corrected chi connectivity index (χ0v) is 12.8. The molecule has 0 heterocycles. The molecule has 0 unspecified atom stereocenters. The summed E-state index contributed by atoms with van der Waals surface area (Å²) >= 11 is 0. The number of likely N-dealkylation sites (N-methyl/N-ethyl adjacent to an activating group) is 1. The second-order valence-corrected chi connectivity index (χ2v) is 5.13. The molecule has 0 spiro atoms. The maximum absolute atomic E-state index is 11.8. The van der Waals surface area contributed by atoms with E-state index in [1.165, 1.54) is 6.92 Å². The lowest BCUT2D eigenvalue weighted by Gasteiger charge is -2.18. The molecule has 0 saturated heterocycles. The number of hydrogen-bond acceptors (Lipinski definition) is 4. The molecule has 0 fully saturated rings. The zero-order valence-electron chi connectivity index (χ0n) is 15.8. The molecule has 0 rings (SSSR count). The van der Waals surface area contributed by atoms with E-state index in [2.05, 4.69) is 5.32 Å². The van der Waals surface area contributed by atoms with Gasteiger partial charge >= 0.3 is 0 Å². The van der Waals surface area contributed by atoms with E-state index in [-0.39, 0.29) is 13.0 Å². The highest BCUT2D eigenvalue weighted by Crippen LogP contribution is 2.08. The predicted molar refractivity (Wildman–Crippen MR) is 83.2 cm³/mol. The van der Waals surface area contributed by atoms with Crippen LogP contribution in [0.1, 0.15) is 62.4 Å². The van der Waals surface area contributed by atoms with Gasteiger partial charge in [-0.15, -0.1) is 0 Å². The van der Waals surface area contributed by atoms with E-state index in [9.17, 15) is 9.59 Å². The van der Waals surface area contributed by atoms with Crippen molar-refractivity contribution in [3.8, 4) is 0 Å². The highest BCUT2D eigenvalue weighted by molar-refractivity contribution is 5.96. The van der Waals surface area contributed by atoms with E-state index in [4.69, 9.17) is 14.6 Å². The number of aliphatic hydroxyl groups excluding tert-OH is 1. The predicted octanol–water partition coefficient (Wildman–Crippen LogP) is 1.67. The van der Waals surface area contributed by atoms with E-state index < -0.39 is 31.2 Å². The van der Waals surface area contributed by atoms with Gasteiger partial charge in [-0.3, -0.25) is 20.3 Å². The average molecular weight is 302 g/mol. The van der Waals surface area contributed by atoms with Crippen molar-refractivity contribution in [2.75, 3.05) is 20.1 Å². The van der Waals surface area contributed by atoms with E-state index >= 15 is 0 Å². The fourth-order valence-electron chi connectivity index (χ4n) is 1.85. The van der Waals surface area contributed by atoms with Gasteiger partial charge in [0.2, 0.25) is 5.91 Å². The van der Waals surface area contributed by atoms with E-state index in [1.54, 1.807) is 0 Å². The quantitative estimate of drug-likeness (QED) is 0.307. The average Bonchev–Trinajstić information content (AvgIpc) is 2.46. The number of amides is 1. The maximum atomic E-state index is 11.8. The van der Waals surface area contributed by atoms with Crippen LogP contribution in [0.25, 0.3) is 0 Å². The number of aliphatic hydroxyl groups is 1. The van der Waals surface area contributed by atoms with Crippen LogP contribution in [0, 0.1) is 5.41 Å². The first-order chi connectivity index (χ1) is 11.2. The van der Waals surface area contributed by atoms with Gasteiger partial charge in [-0.1, -0.05) is 32.1 Å². The number of nitrogens with one attached hydrogen (secondary N) is 2. The second-order valence-electron chi connectivity index (χ2n) is 5.13.